The van der Waals surface area contributed by atoms with Crippen molar-refractivity contribution in [3.63, 3.8) is 0 Å². The van der Waals surface area contributed by atoms with Gasteiger partial charge in [0.1, 0.15) is 0 Å². The molecule has 0 saturated carbocycles. The normalized spacial score (nSPS) is 20.2. The summed E-state index contributed by atoms with van der Waals surface area (Å²) in [5, 5.41) is 0. The minimum Gasteiger partial charge on any atom is -0.493 e. The summed E-state index contributed by atoms with van der Waals surface area (Å²) in [4.78, 5) is 5.02. The first-order chi connectivity index (χ1) is 13.5. The molecule has 0 radical (unpaired) electrons. The lowest BCUT2D eigenvalue weighted by atomic mass is 10.3. The first-order valence-corrected chi connectivity index (χ1v) is 11.2. The van der Waals surface area contributed by atoms with Crippen LogP contribution < -0.4 is 9.47 Å². The number of methoxy groups -OCH3 is 2. The highest BCUT2D eigenvalue weighted by Gasteiger charge is 2.29. The van der Waals surface area contributed by atoms with Crippen molar-refractivity contribution >= 4 is 10.0 Å². The maximum absolute atomic E-state index is 13.0. The highest BCUT2D eigenvalue weighted by molar-refractivity contribution is 7.89. The summed E-state index contributed by atoms with van der Waals surface area (Å²) >= 11 is 0. The Labute approximate surface area is 168 Å². The van der Waals surface area contributed by atoms with Gasteiger partial charge in [0, 0.05) is 45.3 Å². The molecule has 0 aromatic heterocycles. The molecule has 0 N–H and O–H groups in total. The molecule has 0 atom stereocenters. The second-order valence-electron chi connectivity index (χ2n) is 7.07. The molecule has 9 heteroatoms. The Hall–Kier alpha value is -1.39. The van der Waals surface area contributed by atoms with E-state index in [0.717, 1.165) is 58.9 Å². The van der Waals surface area contributed by atoms with Gasteiger partial charge in [0.2, 0.25) is 10.0 Å². The minimum atomic E-state index is -3.53. The van der Waals surface area contributed by atoms with Crippen molar-refractivity contribution in [1.29, 1.82) is 0 Å². The smallest absolute Gasteiger partial charge is 0.243 e. The molecule has 2 aliphatic heterocycles. The van der Waals surface area contributed by atoms with Gasteiger partial charge in [-0.1, -0.05) is 0 Å². The maximum atomic E-state index is 13.0. The quantitative estimate of drug-likeness (QED) is 0.622. The van der Waals surface area contributed by atoms with Gasteiger partial charge in [-0.25, -0.2) is 8.42 Å². The van der Waals surface area contributed by atoms with Crippen molar-refractivity contribution in [2.24, 2.45) is 0 Å². The van der Waals surface area contributed by atoms with Crippen molar-refractivity contribution in [1.82, 2.24) is 14.1 Å². The van der Waals surface area contributed by atoms with E-state index in [2.05, 4.69) is 9.80 Å². The van der Waals surface area contributed by atoms with Gasteiger partial charge in [0.15, 0.2) is 11.5 Å². The molecular formula is C19H31N3O5S. The summed E-state index contributed by atoms with van der Waals surface area (Å²) in [6.45, 7) is 8.29. The number of hydrogen-bond donors (Lipinski definition) is 0. The van der Waals surface area contributed by atoms with Crippen LogP contribution in [-0.2, 0) is 14.8 Å². The number of sulfonamides is 1. The largest absolute Gasteiger partial charge is 0.493 e. The average molecular weight is 414 g/mol. The highest BCUT2D eigenvalue weighted by atomic mass is 32.2. The van der Waals surface area contributed by atoms with Crippen LogP contribution in [0, 0.1) is 0 Å². The van der Waals surface area contributed by atoms with Crippen molar-refractivity contribution < 1.29 is 22.6 Å². The number of morpholine rings is 1. The van der Waals surface area contributed by atoms with Crippen LogP contribution in [0.1, 0.15) is 6.42 Å². The van der Waals surface area contributed by atoms with Gasteiger partial charge in [0.05, 0.1) is 32.3 Å². The molecule has 3 rings (SSSR count). The number of ether oxygens (including phenoxy) is 3. The second-order valence-corrected chi connectivity index (χ2v) is 9.01. The SMILES string of the molecule is COc1ccc(S(=O)(=O)N2CCN(CCCN3CCOCC3)CC2)cc1OC. The third-order valence-electron chi connectivity index (χ3n) is 5.38. The van der Waals surface area contributed by atoms with Gasteiger partial charge in [0.25, 0.3) is 0 Å². The van der Waals surface area contributed by atoms with Gasteiger partial charge in [-0.3, -0.25) is 4.90 Å². The molecule has 2 heterocycles. The molecule has 0 amide bonds. The zero-order valence-electron chi connectivity index (χ0n) is 16.8. The first-order valence-electron chi connectivity index (χ1n) is 9.79. The van der Waals surface area contributed by atoms with E-state index in [0.29, 0.717) is 24.6 Å². The molecule has 1 aromatic rings. The van der Waals surface area contributed by atoms with Gasteiger partial charge >= 0.3 is 0 Å². The molecule has 0 unspecified atom stereocenters. The van der Waals surface area contributed by atoms with E-state index in [9.17, 15) is 8.42 Å². The number of hydrogen-bond acceptors (Lipinski definition) is 7. The molecule has 2 saturated heterocycles. The molecular weight excluding hydrogens is 382 g/mol. The molecule has 1 aromatic carbocycles. The van der Waals surface area contributed by atoms with Crippen LogP contribution in [0.2, 0.25) is 0 Å². The Balaban J connectivity index is 1.50. The molecule has 2 aliphatic rings. The van der Waals surface area contributed by atoms with Gasteiger partial charge in [-0.05, 0) is 31.6 Å². The van der Waals surface area contributed by atoms with E-state index in [-0.39, 0.29) is 4.90 Å². The predicted molar refractivity (Wildman–Crippen MR) is 107 cm³/mol. The van der Waals surface area contributed by atoms with E-state index in [1.807, 2.05) is 0 Å². The lowest BCUT2D eigenvalue weighted by Gasteiger charge is -2.34. The fourth-order valence-corrected chi connectivity index (χ4v) is 5.10. The Morgan fingerprint density at radius 3 is 2.11 bits per heavy atom. The van der Waals surface area contributed by atoms with Crippen molar-refractivity contribution in [3.8, 4) is 11.5 Å². The number of benzene rings is 1. The van der Waals surface area contributed by atoms with Crippen molar-refractivity contribution in [2.45, 2.75) is 11.3 Å². The molecule has 0 spiro atoms. The number of rotatable bonds is 8. The Morgan fingerprint density at radius 1 is 0.893 bits per heavy atom. The highest BCUT2D eigenvalue weighted by Crippen LogP contribution is 2.30. The second kappa shape index (κ2) is 9.89. The molecule has 0 aliphatic carbocycles. The Morgan fingerprint density at radius 2 is 1.50 bits per heavy atom. The fraction of sp³-hybridized carbons (Fsp3) is 0.684. The molecule has 0 bridgehead atoms. The van der Waals surface area contributed by atoms with Gasteiger partial charge in [-0.2, -0.15) is 4.31 Å². The number of piperazine rings is 1. The van der Waals surface area contributed by atoms with E-state index in [1.165, 1.54) is 20.3 Å². The lowest BCUT2D eigenvalue weighted by Crippen LogP contribution is -2.49. The zero-order valence-corrected chi connectivity index (χ0v) is 17.6. The van der Waals surface area contributed by atoms with Crippen LogP contribution in [0.15, 0.2) is 23.1 Å². The van der Waals surface area contributed by atoms with Crippen LogP contribution >= 0.6 is 0 Å². The molecule has 2 fully saturated rings. The van der Waals surface area contributed by atoms with E-state index >= 15 is 0 Å². The maximum Gasteiger partial charge on any atom is 0.243 e. The summed E-state index contributed by atoms with van der Waals surface area (Å²) in [6.07, 6.45) is 1.10. The summed E-state index contributed by atoms with van der Waals surface area (Å²) in [5.74, 6) is 0.942. The third-order valence-corrected chi connectivity index (χ3v) is 7.27. The standard InChI is InChI=1S/C19H31N3O5S/c1-25-18-5-4-17(16-19(18)26-2)28(23,24)22-10-8-20(9-11-22)6-3-7-21-12-14-27-15-13-21/h4-5,16H,3,6-15H2,1-2H3. The molecule has 8 nitrogen and oxygen atoms in total. The Bertz CT molecular complexity index is 729. The third kappa shape index (κ3) is 5.15. The fourth-order valence-electron chi connectivity index (χ4n) is 3.66. The van der Waals surface area contributed by atoms with Crippen LogP contribution in [0.5, 0.6) is 11.5 Å². The van der Waals surface area contributed by atoms with Crippen LogP contribution in [0.3, 0.4) is 0 Å². The molecule has 28 heavy (non-hydrogen) atoms. The summed E-state index contributed by atoms with van der Waals surface area (Å²) < 4.78 is 43.3. The topological polar surface area (TPSA) is 71.6 Å². The Kier molecular flexibility index (Phi) is 7.53. The summed E-state index contributed by atoms with van der Waals surface area (Å²) in [6, 6.07) is 4.74. The number of nitrogens with zero attached hydrogens (tertiary/aromatic N) is 3. The van der Waals surface area contributed by atoms with Crippen LogP contribution in [-0.4, -0.2) is 102 Å². The summed E-state index contributed by atoms with van der Waals surface area (Å²) in [5.41, 5.74) is 0. The van der Waals surface area contributed by atoms with Gasteiger partial charge in [-0.15, -0.1) is 0 Å². The van der Waals surface area contributed by atoms with E-state index < -0.39 is 10.0 Å². The monoisotopic (exact) mass is 413 g/mol. The van der Waals surface area contributed by atoms with Crippen LogP contribution in [0.4, 0.5) is 0 Å². The summed E-state index contributed by atoms with van der Waals surface area (Å²) in [7, 11) is -0.496. The minimum absolute atomic E-state index is 0.242. The first kappa shape index (κ1) is 21.3. The van der Waals surface area contributed by atoms with Crippen molar-refractivity contribution in [2.75, 3.05) is 79.8 Å². The van der Waals surface area contributed by atoms with E-state index in [4.69, 9.17) is 14.2 Å². The molecule has 158 valence electrons. The van der Waals surface area contributed by atoms with E-state index in [1.54, 1.807) is 16.4 Å². The predicted octanol–water partition coefficient (Wildman–Crippen LogP) is 0.732. The van der Waals surface area contributed by atoms with Crippen molar-refractivity contribution in [3.05, 3.63) is 18.2 Å². The lowest BCUT2D eigenvalue weighted by molar-refractivity contribution is 0.0356. The zero-order chi connectivity index (χ0) is 20.0. The van der Waals surface area contributed by atoms with Gasteiger partial charge < -0.3 is 19.1 Å². The average Bonchev–Trinajstić information content (AvgIpc) is 2.74. The van der Waals surface area contributed by atoms with Crippen LogP contribution in [0.25, 0.3) is 0 Å².